The number of nitrogens with two attached hydrogens (primary N) is 1. The fourth-order valence-corrected chi connectivity index (χ4v) is 2.19. The van der Waals surface area contributed by atoms with E-state index in [2.05, 4.69) is 20.4 Å². The van der Waals surface area contributed by atoms with E-state index in [1.807, 2.05) is 24.3 Å². The molecule has 0 aliphatic rings. The molecule has 0 fully saturated rings. The monoisotopic (exact) mass is 279 g/mol. The van der Waals surface area contributed by atoms with Gasteiger partial charge in [0.05, 0.1) is 19.1 Å². The Labute approximate surface area is 114 Å². The molecule has 1 aromatic heterocycles. The average molecular weight is 279 g/mol. The van der Waals surface area contributed by atoms with E-state index in [0.29, 0.717) is 5.16 Å². The first-order chi connectivity index (χ1) is 9.26. The Kier molecular flexibility index (Phi) is 4.37. The number of methoxy groups -OCH3 is 2. The molecule has 0 bridgehead atoms. The molecule has 0 unspecified atom stereocenters. The number of para-hydroxylation sites is 1. The normalized spacial score (nSPS) is 10.1. The molecular weight excluding hydrogens is 266 g/mol. The van der Waals surface area contributed by atoms with Crippen molar-refractivity contribution in [2.45, 2.75) is 10.1 Å². The van der Waals surface area contributed by atoms with Crippen molar-refractivity contribution >= 4 is 17.7 Å². The number of hydrogen-bond acceptors (Lipinski definition) is 8. The van der Waals surface area contributed by atoms with Gasteiger partial charge in [-0.05, 0) is 23.9 Å². The van der Waals surface area contributed by atoms with Crippen molar-refractivity contribution in [3.05, 3.63) is 24.3 Å². The van der Waals surface area contributed by atoms with Crippen molar-refractivity contribution < 1.29 is 9.47 Å². The summed E-state index contributed by atoms with van der Waals surface area (Å²) in [6.45, 7) is 0. The number of nitrogens with zero attached hydrogens (tertiary/aromatic N) is 3. The van der Waals surface area contributed by atoms with Crippen LogP contribution in [0, 0.1) is 0 Å². The molecule has 1 heterocycles. The summed E-state index contributed by atoms with van der Waals surface area (Å²) in [4.78, 5) is 13.1. The van der Waals surface area contributed by atoms with E-state index < -0.39 is 0 Å². The highest BCUT2D eigenvalue weighted by Gasteiger charge is 2.10. The van der Waals surface area contributed by atoms with Gasteiger partial charge >= 0.3 is 6.01 Å². The molecular formula is C11H13N5O2S. The summed E-state index contributed by atoms with van der Waals surface area (Å²) in [6, 6.07) is 7.77. The maximum absolute atomic E-state index is 5.30. The van der Waals surface area contributed by atoms with Crippen LogP contribution in [0.15, 0.2) is 34.3 Å². The van der Waals surface area contributed by atoms with Gasteiger partial charge in [0.2, 0.25) is 11.1 Å². The molecule has 8 heteroatoms. The Morgan fingerprint density at radius 3 is 2.58 bits per heavy atom. The third kappa shape index (κ3) is 3.24. The summed E-state index contributed by atoms with van der Waals surface area (Å²) in [5.41, 5.74) is 2.37. The van der Waals surface area contributed by atoms with Gasteiger partial charge in [0.15, 0.2) is 0 Å². The van der Waals surface area contributed by atoms with E-state index in [0.717, 1.165) is 10.6 Å². The smallest absolute Gasteiger partial charge is 0.322 e. The molecule has 3 N–H and O–H groups in total. The molecule has 0 amide bonds. The molecule has 0 saturated carbocycles. The third-order valence-electron chi connectivity index (χ3n) is 2.18. The van der Waals surface area contributed by atoms with Gasteiger partial charge in [-0.1, -0.05) is 12.1 Å². The summed E-state index contributed by atoms with van der Waals surface area (Å²) in [7, 11) is 3.09. The van der Waals surface area contributed by atoms with E-state index in [9.17, 15) is 0 Å². The van der Waals surface area contributed by atoms with Crippen molar-refractivity contribution in [2.24, 2.45) is 5.84 Å². The topological polar surface area (TPSA) is 95.2 Å². The van der Waals surface area contributed by atoms with Gasteiger partial charge in [-0.2, -0.15) is 15.0 Å². The summed E-state index contributed by atoms with van der Waals surface area (Å²) in [5, 5.41) is 0.462. The van der Waals surface area contributed by atoms with Crippen LogP contribution in [0.25, 0.3) is 0 Å². The lowest BCUT2D eigenvalue weighted by atomic mass is 10.3. The first kappa shape index (κ1) is 13.4. The average Bonchev–Trinajstić information content (AvgIpc) is 2.47. The largest absolute Gasteiger partial charge is 0.496 e. The van der Waals surface area contributed by atoms with E-state index in [4.69, 9.17) is 15.3 Å². The van der Waals surface area contributed by atoms with Crippen LogP contribution < -0.4 is 20.7 Å². The Bertz CT molecular complexity index is 544. The highest BCUT2D eigenvalue weighted by Crippen LogP contribution is 2.33. The van der Waals surface area contributed by atoms with Gasteiger partial charge in [0.25, 0.3) is 0 Å². The summed E-state index contributed by atoms with van der Waals surface area (Å²) < 4.78 is 10.3. The molecule has 100 valence electrons. The van der Waals surface area contributed by atoms with Crippen LogP contribution in [0.3, 0.4) is 0 Å². The predicted octanol–water partition coefficient (Wildman–Crippen LogP) is 1.33. The van der Waals surface area contributed by atoms with Crippen LogP contribution in [0.5, 0.6) is 11.8 Å². The number of nitrogens with one attached hydrogen (secondary N) is 1. The minimum atomic E-state index is 0.195. The molecule has 2 aromatic rings. The molecule has 0 aliphatic heterocycles. The van der Waals surface area contributed by atoms with E-state index in [1.54, 1.807) is 7.11 Å². The summed E-state index contributed by atoms with van der Waals surface area (Å²) in [5.74, 6) is 6.28. The fraction of sp³-hybridized carbons (Fsp3) is 0.182. The minimum absolute atomic E-state index is 0.195. The van der Waals surface area contributed by atoms with Gasteiger partial charge in [-0.3, -0.25) is 5.43 Å². The highest BCUT2D eigenvalue weighted by molar-refractivity contribution is 7.99. The highest BCUT2D eigenvalue weighted by atomic mass is 32.2. The number of rotatable bonds is 5. The zero-order valence-electron chi connectivity index (χ0n) is 10.5. The minimum Gasteiger partial charge on any atom is -0.496 e. The zero-order chi connectivity index (χ0) is 13.7. The predicted molar refractivity (Wildman–Crippen MR) is 71.3 cm³/mol. The van der Waals surface area contributed by atoms with Gasteiger partial charge in [0, 0.05) is 0 Å². The summed E-state index contributed by atoms with van der Waals surface area (Å²) in [6.07, 6.45) is 0. The van der Waals surface area contributed by atoms with Crippen molar-refractivity contribution in [1.29, 1.82) is 0 Å². The Morgan fingerprint density at radius 2 is 1.89 bits per heavy atom. The van der Waals surface area contributed by atoms with Crippen LogP contribution >= 0.6 is 11.8 Å². The van der Waals surface area contributed by atoms with Gasteiger partial charge in [-0.15, -0.1) is 0 Å². The number of nitrogen functional groups attached to an aromatic ring is 1. The molecule has 0 spiro atoms. The second-order valence-electron chi connectivity index (χ2n) is 3.33. The molecule has 19 heavy (non-hydrogen) atoms. The third-order valence-corrected chi connectivity index (χ3v) is 3.10. The van der Waals surface area contributed by atoms with Crippen molar-refractivity contribution in [3.8, 4) is 11.8 Å². The maximum atomic E-state index is 5.30. The number of anilines is 1. The second kappa shape index (κ2) is 6.21. The van der Waals surface area contributed by atoms with E-state index in [-0.39, 0.29) is 12.0 Å². The number of hydrogen-bond donors (Lipinski definition) is 2. The van der Waals surface area contributed by atoms with E-state index in [1.165, 1.54) is 18.9 Å². The number of hydrazine groups is 1. The van der Waals surface area contributed by atoms with E-state index >= 15 is 0 Å². The van der Waals surface area contributed by atoms with Gasteiger partial charge < -0.3 is 9.47 Å². The van der Waals surface area contributed by atoms with Crippen molar-refractivity contribution in [2.75, 3.05) is 19.6 Å². The molecule has 2 rings (SSSR count). The molecule has 1 aromatic carbocycles. The van der Waals surface area contributed by atoms with Crippen LogP contribution in [-0.2, 0) is 0 Å². The number of ether oxygens (including phenoxy) is 2. The standard InChI is InChI=1S/C11H13N5O2S/c1-17-7-5-3-4-6-8(7)19-11-14-9(16-12)13-10(15-11)18-2/h3-6H,12H2,1-2H3,(H,13,14,15,16). The SMILES string of the molecule is COc1nc(NN)nc(Sc2ccccc2OC)n1. The Hall–Kier alpha value is -2.06. The summed E-state index contributed by atoms with van der Waals surface area (Å²) >= 11 is 1.34. The lowest BCUT2D eigenvalue weighted by Crippen LogP contribution is -2.12. The van der Waals surface area contributed by atoms with Crippen LogP contribution in [-0.4, -0.2) is 29.2 Å². The van der Waals surface area contributed by atoms with Crippen LogP contribution in [0.2, 0.25) is 0 Å². The molecule has 0 saturated heterocycles. The number of benzene rings is 1. The lowest BCUT2D eigenvalue weighted by Gasteiger charge is -2.08. The van der Waals surface area contributed by atoms with Crippen molar-refractivity contribution in [1.82, 2.24) is 15.0 Å². The van der Waals surface area contributed by atoms with Crippen molar-refractivity contribution in [3.63, 3.8) is 0 Å². The quantitative estimate of drug-likeness (QED) is 0.625. The molecule has 0 aliphatic carbocycles. The van der Waals surface area contributed by atoms with Gasteiger partial charge in [0.1, 0.15) is 5.75 Å². The number of aromatic nitrogens is 3. The van der Waals surface area contributed by atoms with Gasteiger partial charge in [-0.25, -0.2) is 5.84 Å². The Balaban J connectivity index is 2.32. The molecule has 0 radical (unpaired) electrons. The Morgan fingerprint density at radius 1 is 1.11 bits per heavy atom. The zero-order valence-corrected chi connectivity index (χ0v) is 11.3. The maximum Gasteiger partial charge on any atom is 0.322 e. The first-order valence-corrected chi connectivity index (χ1v) is 6.16. The first-order valence-electron chi connectivity index (χ1n) is 5.34. The molecule has 7 nitrogen and oxygen atoms in total. The lowest BCUT2D eigenvalue weighted by molar-refractivity contribution is 0.373. The second-order valence-corrected chi connectivity index (χ2v) is 4.33. The fourth-order valence-electron chi connectivity index (χ4n) is 1.34. The van der Waals surface area contributed by atoms with Crippen LogP contribution in [0.1, 0.15) is 0 Å². The molecule has 0 atom stereocenters. The van der Waals surface area contributed by atoms with Crippen LogP contribution in [0.4, 0.5) is 5.95 Å².